The maximum absolute atomic E-state index is 11.7. The van der Waals surface area contributed by atoms with Crippen molar-refractivity contribution >= 4 is 11.9 Å². The summed E-state index contributed by atoms with van der Waals surface area (Å²) < 4.78 is 10.4. The molecule has 0 radical (unpaired) electrons. The van der Waals surface area contributed by atoms with Crippen molar-refractivity contribution in [3.63, 3.8) is 0 Å². The van der Waals surface area contributed by atoms with Crippen molar-refractivity contribution in [1.29, 1.82) is 0 Å². The van der Waals surface area contributed by atoms with E-state index < -0.39 is 29.6 Å². The van der Waals surface area contributed by atoms with Crippen LogP contribution in [0.15, 0.2) is 0 Å². The highest BCUT2D eigenvalue weighted by atomic mass is 16.6. The number of carbonyl (C=O) groups is 2. The van der Waals surface area contributed by atoms with Crippen LogP contribution in [0, 0.1) is 5.92 Å². The average Bonchev–Trinajstić information content (AvgIpc) is 2.39. The highest BCUT2D eigenvalue weighted by Gasteiger charge is 2.30. The zero-order chi connectivity index (χ0) is 13.1. The van der Waals surface area contributed by atoms with Crippen LogP contribution < -0.4 is 5.32 Å². The molecule has 98 valence electrons. The second-order valence-electron chi connectivity index (χ2n) is 5.05. The number of carboxylic acids is 1. The van der Waals surface area contributed by atoms with Gasteiger partial charge < -0.3 is 19.9 Å². The molecule has 6 heteroatoms. The lowest BCUT2D eigenvalue weighted by molar-refractivity contribution is -0.169. The third-order valence-corrected chi connectivity index (χ3v) is 2.24. The second kappa shape index (κ2) is 5.46. The Morgan fingerprint density at radius 3 is 2.53 bits per heavy atom. The van der Waals surface area contributed by atoms with Gasteiger partial charge in [0.15, 0.2) is 6.10 Å². The van der Waals surface area contributed by atoms with Gasteiger partial charge in [-0.05, 0) is 20.8 Å². The molecule has 2 atom stereocenters. The zero-order valence-corrected chi connectivity index (χ0v) is 10.4. The Labute approximate surface area is 100 Å². The van der Waals surface area contributed by atoms with Crippen LogP contribution in [-0.4, -0.2) is 48.4 Å². The molecule has 17 heavy (non-hydrogen) atoms. The smallest absolute Gasteiger partial charge is 0.337 e. The first-order chi connectivity index (χ1) is 7.79. The summed E-state index contributed by atoms with van der Waals surface area (Å²) in [6.07, 6.45) is -0.737. The molecule has 0 amide bonds. The molecule has 1 rings (SSSR count). The predicted molar refractivity (Wildman–Crippen MR) is 59.6 cm³/mol. The molecule has 2 unspecified atom stereocenters. The molecule has 0 bridgehead atoms. The van der Waals surface area contributed by atoms with E-state index in [1.54, 1.807) is 20.8 Å². The number of carboxylic acid groups (broad SMARTS) is 1. The number of ether oxygens (including phenoxy) is 2. The minimum atomic E-state index is -0.928. The average molecular weight is 245 g/mol. The Balaban J connectivity index is 2.51. The number of hydrogen-bond acceptors (Lipinski definition) is 5. The van der Waals surface area contributed by atoms with Gasteiger partial charge in [-0.25, -0.2) is 4.79 Å². The van der Waals surface area contributed by atoms with Crippen molar-refractivity contribution in [2.75, 3.05) is 19.7 Å². The fourth-order valence-electron chi connectivity index (χ4n) is 1.42. The van der Waals surface area contributed by atoms with Crippen molar-refractivity contribution in [3.8, 4) is 0 Å². The van der Waals surface area contributed by atoms with Crippen molar-refractivity contribution in [1.82, 2.24) is 5.32 Å². The number of aliphatic carboxylic acids is 1. The number of esters is 1. The standard InChI is InChI=1S/C11H19NO5/c1-11(2,3)17-10(15)8-5-12-4-7(6-16-8)9(13)14/h7-8,12H,4-6H2,1-3H3,(H,13,14). The van der Waals surface area contributed by atoms with Gasteiger partial charge in [0.1, 0.15) is 5.60 Å². The minimum absolute atomic E-state index is 0.0201. The normalized spacial score (nSPS) is 26.1. The minimum Gasteiger partial charge on any atom is -0.481 e. The van der Waals surface area contributed by atoms with Gasteiger partial charge in [-0.2, -0.15) is 0 Å². The maximum atomic E-state index is 11.7. The SMILES string of the molecule is CC(C)(C)OC(=O)C1CNCC(C(=O)O)CO1. The summed E-state index contributed by atoms with van der Waals surface area (Å²) in [4.78, 5) is 22.5. The molecule has 0 saturated carbocycles. The Hall–Kier alpha value is -1.14. The Morgan fingerprint density at radius 2 is 2.00 bits per heavy atom. The van der Waals surface area contributed by atoms with Gasteiger partial charge in [-0.1, -0.05) is 0 Å². The van der Waals surface area contributed by atoms with E-state index in [2.05, 4.69) is 5.32 Å². The molecular formula is C11H19NO5. The number of nitrogens with one attached hydrogen (secondary N) is 1. The third kappa shape index (κ3) is 4.70. The molecule has 0 aromatic rings. The summed E-state index contributed by atoms with van der Waals surface area (Å²) in [6.45, 7) is 5.92. The van der Waals surface area contributed by atoms with Gasteiger partial charge in [0.25, 0.3) is 0 Å². The van der Waals surface area contributed by atoms with Gasteiger partial charge in [-0.15, -0.1) is 0 Å². The van der Waals surface area contributed by atoms with E-state index in [1.807, 2.05) is 0 Å². The largest absolute Gasteiger partial charge is 0.481 e. The molecule has 1 fully saturated rings. The van der Waals surface area contributed by atoms with Crippen molar-refractivity contribution in [2.45, 2.75) is 32.5 Å². The highest BCUT2D eigenvalue weighted by Crippen LogP contribution is 2.12. The fourth-order valence-corrected chi connectivity index (χ4v) is 1.42. The van der Waals surface area contributed by atoms with Crippen LogP contribution in [0.25, 0.3) is 0 Å². The van der Waals surface area contributed by atoms with Gasteiger partial charge in [0.05, 0.1) is 12.5 Å². The quantitative estimate of drug-likeness (QED) is 0.667. The zero-order valence-electron chi connectivity index (χ0n) is 10.4. The monoisotopic (exact) mass is 245 g/mol. The summed E-state index contributed by atoms with van der Waals surface area (Å²) >= 11 is 0. The first-order valence-electron chi connectivity index (χ1n) is 5.57. The molecule has 0 aromatic carbocycles. The van der Waals surface area contributed by atoms with Gasteiger partial charge in [-0.3, -0.25) is 4.79 Å². The molecule has 2 N–H and O–H groups in total. The summed E-state index contributed by atoms with van der Waals surface area (Å²) in [5.41, 5.74) is -0.570. The first-order valence-corrected chi connectivity index (χ1v) is 5.57. The van der Waals surface area contributed by atoms with Crippen molar-refractivity contribution in [2.24, 2.45) is 5.92 Å². The van der Waals surface area contributed by atoms with Crippen molar-refractivity contribution < 1.29 is 24.2 Å². The van der Waals surface area contributed by atoms with Gasteiger partial charge in [0.2, 0.25) is 0 Å². The number of carbonyl (C=O) groups excluding carboxylic acids is 1. The van der Waals surface area contributed by atoms with Crippen LogP contribution in [0.5, 0.6) is 0 Å². The van der Waals surface area contributed by atoms with E-state index in [-0.39, 0.29) is 13.2 Å². The van der Waals surface area contributed by atoms with E-state index in [4.69, 9.17) is 14.6 Å². The summed E-state index contributed by atoms with van der Waals surface area (Å²) in [5.74, 6) is -2.01. The topological polar surface area (TPSA) is 84.9 Å². The Bertz CT molecular complexity index is 297. The van der Waals surface area contributed by atoms with E-state index in [9.17, 15) is 9.59 Å². The summed E-state index contributed by atoms with van der Waals surface area (Å²) in [6, 6.07) is 0. The molecular weight excluding hydrogens is 226 g/mol. The van der Waals surface area contributed by atoms with Crippen LogP contribution in [0.1, 0.15) is 20.8 Å². The number of hydrogen-bond donors (Lipinski definition) is 2. The van der Waals surface area contributed by atoms with E-state index in [1.165, 1.54) is 0 Å². The molecule has 6 nitrogen and oxygen atoms in total. The van der Waals surface area contributed by atoms with Crippen LogP contribution in [0.4, 0.5) is 0 Å². The Morgan fingerprint density at radius 1 is 1.35 bits per heavy atom. The van der Waals surface area contributed by atoms with E-state index in [0.29, 0.717) is 6.54 Å². The lowest BCUT2D eigenvalue weighted by atomic mass is 10.2. The number of rotatable bonds is 2. The first kappa shape index (κ1) is 13.9. The van der Waals surface area contributed by atoms with E-state index >= 15 is 0 Å². The van der Waals surface area contributed by atoms with Gasteiger partial charge in [0, 0.05) is 13.1 Å². The molecule has 0 aliphatic carbocycles. The van der Waals surface area contributed by atoms with E-state index in [0.717, 1.165) is 0 Å². The second-order valence-corrected chi connectivity index (χ2v) is 5.05. The van der Waals surface area contributed by atoms with Crippen molar-refractivity contribution in [3.05, 3.63) is 0 Å². The van der Waals surface area contributed by atoms with Crippen LogP contribution in [0.2, 0.25) is 0 Å². The summed E-state index contributed by atoms with van der Waals surface area (Å²) in [5, 5.41) is 11.7. The molecule has 0 aromatic heterocycles. The van der Waals surface area contributed by atoms with Crippen LogP contribution in [-0.2, 0) is 19.1 Å². The molecule has 0 spiro atoms. The fraction of sp³-hybridized carbons (Fsp3) is 0.818. The summed E-state index contributed by atoms with van der Waals surface area (Å²) in [7, 11) is 0. The Kier molecular flexibility index (Phi) is 4.47. The van der Waals surface area contributed by atoms with Crippen LogP contribution in [0.3, 0.4) is 0 Å². The maximum Gasteiger partial charge on any atom is 0.337 e. The third-order valence-electron chi connectivity index (χ3n) is 2.24. The molecule has 1 aliphatic heterocycles. The lowest BCUT2D eigenvalue weighted by Gasteiger charge is -2.23. The molecule has 1 saturated heterocycles. The van der Waals surface area contributed by atoms with Gasteiger partial charge >= 0.3 is 11.9 Å². The van der Waals surface area contributed by atoms with Crippen LogP contribution >= 0.6 is 0 Å². The molecule has 1 aliphatic rings. The lowest BCUT2D eigenvalue weighted by Crippen LogP contribution is -2.38. The highest BCUT2D eigenvalue weighted by molar-refractivity contribution is 5.76. The predicted octanol–water partition coefficient (Wildman–Crippen LogP) is 0.0173. The molecule has 1 heterocycles.